The number of aromatic hydroxyl groups is 4. The van der Waals surface area contributed by atoms with Crippen molar-refractivity contribution in [2.24, 2.45) is 11.8 Å². The van der Waals surface area contributed by atoms with Crippen LogP contribution in [0.25, 0.3) is 0 Å². The smallest absolute Gasteiger partial charge is 0.191 e. The van der Waals surface area contributed by atoms with Gasteiger partial charge in [-0.3, -0.25) is 19.2 Å². The second-order valence-corrected chi connectivity index (χ2v) is 11.3. The van der Waals surface area contributed by atoms with E-state index in [9.17, 15) is 39.6 Å². The van der Waals surface area contributed by atoms with Crippen LogP contribution in [0.3, 0.4) is 0 Å². The lowest BCUT2D eigenvalue weighted by molar-refractivity contribution is 0.0756. The molecule has 0 saturated heterocycles. The van der Waals surface area contributed by atoms with Crippen LogP contribution in [-0.2, 0) is 12.8 Å². The molecule has 44 heavy (non-hydrogen) atoms. The molecule has 0 amide bonds. The minimum atomic E-state index is -1.36. The standard InChI is InChI=1S/C36H28O8/c1-17-27(35(43)23-15-25(37)33(41)21(29(23)31(17)39)13-19-9-5-3-6-10-19)28-18(2)32(40)30-22(14-20-11-7-4-8-12-20)34(42)26(38)16-24(30)36(28)44/h3-12,15-17,27,37-38,41-42H,13-14H2,1-2H3. The van der Waals surface area contributed by atoms with Crippen molar-refractivity contribution in [2.75, 3.05) is 0 Å². The van der Waals surface area contributed by atoms with E-state index in [4.69, 9.17) is 0 Å². The summed E-state index contributed by atoms with van der Waals surface area (Å²) >= 11 is 0. The summed E-state index contributed by atoms with van der Waals surface area (Å²) in [6.45, 7) is 2.90. The van der Waals surface area contributed by atoms with Crippen molar-refractivity contribution >= 4 is 23.1 Å². The van der Waals surface area contributed by atoms with Crippen LogP contribution in [-0.4, -0.2) is 43.6 Å². The molecule has 0 saturated carbocycles. The van der Waals surface area contributed by atoms with E-state index >= 15 is 0 Å². The Morgan fingerprint density at radius 3 is 1.61 bits per heavy atom. The number of benzene rings is 4. The van der Waals surface area contributed by atoms with Gasteiger partial charge in [-0.05, 0) is 30.2 Å². The first-order valence-corrected chi connectivity index (χ1v) is 14.1. The number of Topliss-reactive ketones (excluding diaryl/α,β-unsaturated/α-hetero) is 4. The lowest BCUT2D eigenvalue weighted by Crippen LogP contribution is -2.41. The zero-order valence-electron chi connectivity index (χ0n) is 23.9. The van der Waals surface area contributed by atoms with Crippen molar-refractivity contribution in [1.29, 1.82) is 0 Å². The fraction of sp³-hybridized carbons (Fsp3) is 0.167. The molecule has 2 aliphatic carbocycles. The number of rotatable bonds is 5. The Kier molecular flexibility index (Phi) is 6.92. The largest absolute Gasteiger partial charge is 0.504 e. The minimum Gasteiger partial charge on any atom is -0.504 e. The number of hydrogen-bond donors (Lipinski definition) is 4. The Bertz CT molecular complexity index is 1940. The Labute approximate surface area is 252 Å². The number of phenols is 4. The number of ketones is 4. The summed E-state index contributed by atoms with van der Waals surface area (Å²) in [7, 11) is 0. The van der Waals surface area contributed by atoms with E-state index < -0.39 is 58.0 Å². The zero-order valence-corrected chi connectivity index (χ0v) is 23.9. The van der Waals surface area contributed by atoms with Gasteiger partial charge in [-0.2, -0.15) is 0 Å². The molecule has 6 rings (SSSR count). The molecule has 0 spiro atoms. The summed E-state index contributed by atoms with van der Waals surface area (Å²) in [6, 6.07) is 19.9. The molecule has 0 heterocycles. The lowest BCUT2D eigenvalue weighted by Gasteiger charge is -2.34. The summed E-state index contributed by atoms with van der Waals surface area (Å²) in [5.41, 5.74) is 1.02. The molecular formula is C36H28O8. The fourth-order valence-electron chi connectivity index (χ4n) is 6.44. The molecule has 2 atom stereocenters. The SMILES string of the molecule is CC1=C(C2C(=O)c3cc(O)c(O)c(Cc4ccccc4)c3C(=O)C2C)C(=O)c2cc(O)c(O)c(Cc3ccccc3)c2C1=O. The molecule has 8 heteroatoms. The van der Waals surface area contributed by atoms with Gasteiger partial charge in [0, 0.05) is 63.3 Å². The molecule has 8 nitrogen and oxygen atoms in total. The van der Waals surface area contributed by atoms with Gasteiger partial charge in [-0.1, -0.05) is 67.6 Å². The topological polar surface area (TPSA) is 149 Å². The van der Waals surface area contributed by atoms with E-state index in [1.165, 1.54) is 13.8 Å². The molecule has 4 aromatic rings. The Morgan fingerprint density at radius 2 is 1.09 bits per heavy atom. The van der Waals surface area contributed by atoms with Gasteiger partial charge < -0.3 is 20.4 Å². The molecule has 220 valence electrons. The maximum absolute atomic E-state index is 14.1. The highest BCUT2D eigenvalue weighted by molar-refractivity contribution is 6.31. The maximum Gasteiger partial charge on any atom is 0.191 e. The Hall–Kier alpha value is -5.50. The van der Waals surface area contributed by atoms with Gasteiger partial charge in [0.05, 0.1) is 5.92 Å². The number of carbonyl (C=O) groups is 4. The number of hydrogen-bond acceptors (Lipinski definition) is 8. The first-order chi connectivity index (χ1) is 21.0. The predicted molar refractivity (Wildman–Crippen MR) is 161 cm³/mol. The lowest BCUT2D eigenvalue weighted by atomic mass is 9.66. The van der Waals surface area contributed by atoms with Crippen LogP contribution in [0.4, 0.5) is 0 Å². The number of fused-ring (bicyclic) bond motifs is 2. The van der Waals surface area contributed by atoms with Crippen LogP contribution in [0.1, 0.15) is 77.5 Å². The first kappa shape index (κ1) is 28.6. The molecule has 4 aromatic carbocycles. The predicted octanol–water partition coefficient (Wildman–Crippen LogP) is 5.72. The van der Waals surface area contributed by atoms with Gasteiger partial charge in [0.15, 0.2) is 46.1 Å². The van der Waals surface area contributed by atoms with Crippen molar-refractivity contribution in [3.63, 3.8) is 0 Å². The van der Waals surface area contributed by atoms with Gasteiger partial charge in [0.1, 0.15) is 0 Å². The van der Waals surface area contributed by atoms with E-state index in [0.29, 0.717) is 0 Å². The maximum atomic E-state index is 14.1. The molecule has 0 aromatic heterocycles. The van der Waals surface area contributed by atoms with Gasteiger partial charge in [-0.15, -0.1) is 0 Å². The Balaban J connectivity index is 1.48. The van der Waals surface area contributed by atoms with Gasteiger partial charge >= 0.3 is 0 Å². The second kappa shape index (κ2) is 10.6. The normalized spacial score (nSPS) is 18.0. The zero-order chi connectivity index (χ0) is 31.4. The van der Waals surface area contributed by atoms with E-state index in [-0.39, 0.29) is 57.4 Å². The number of carbonyl (C=O) groups excluding carboxylic acids is 4. The first-order valence-electron chi connectivity index (χ1n) is 14.1. The van der Waals surface area contributed by atoms with Gasteiger partial charge in [-0.25, -0.2) is 0 Å². The van der Waals surface area contributed by atoms with Crippen LogP contribution >= 0.6 is 0 Å². The van der Waals surface area contributed by atoms with Crippen LogP contribution in [0.15, 0.2) is 83.9 Å². The monoisotopic (exact) mass is 588 g/mol. The van der Waals surface area contributed by atoms with Crippen LogP contribution in [0, 0.1) is 11.8 Å². The number of phenolic OH excluding ortho intramolecular Hbond substituents is 4. The molecule has 0 radical (unpaired) electrons. The highest BCUT2D eigenvalue weighted by atomic mass is 16.3. The summed E-state index contributed by atoms with van der Waals surface area (Å²) in [6.07, 6.45) is 0.127. The summed E-state index contributed by atoms with van der Waals surface area (Å²) in [4.78, 5) is 56.1. The van der Waals surface area contributed by atoms with Gasteiger partial charge in [0.25, 0.3) is 0 Å². The highest BCUT2D eigenvalue weighted by Crippen LogP contribution is 2.47. The van der Waals surface area contributed by atoms with E-state index in [1.807, 2.05) is 12.1 Å². The van der Waals surface area contributed by atoms with Crippen molar-refractivity contribution in [2.45, 2.75) is 26.7 Å². The van der Waals surface area contributed by atoms with Crippen LogP contribution in [0.2, 0.25) is 0 Å². The van der Waals surface area contributed by atoms with Crippen LogP contribution in [0.5, 0.6) is 23.0 Å². The fourth-order valence-corrected chi connectivity index (χ4v) is 6.44. The summed E-state index contributed by atoms with van der Waals surface area (Å²) in [5, 5.41) is 42.7. The minimum absolute atomic E-state index is 0.0288. The van der Waals surface area contributed by atoms with Crippen LogP contribution < -0.4 is 0 Å². The average molecular weight is 589 g/mol. The molecule has 0 fully saturated rings. The highest BCUT2D eigenvalue weighted by Gasteiger charge is 2.48. The van der Waals surface area contributed by atoms with Gasteiger partial charge in [0.2, 0.25) is 0 Å². The molecule has 4 N–H and O–H groups in total. The quantitative estimate of drug-likeness (QED) is 0.216. The summed E-state index contributed by atoms with van der Waals surface area (Å²) < 4.78 is 0. The second-order valence-electron chi connectivity index (χ2n) is 11.3. The summed E-state index contributed by atoms with van der Waals surface area (Å²) in [5.74, 6) is -7.14. The molecule has 2 unspecified atom stereocenters. The number of allylic oxidation sites excluding steroid dienone is 2. The molecule has 0 bridgehead atoms. The van der Waals surface area contributed by atoms with Crippen molar-refractivity contribution in [3.8, 4) is 23.0 Å². The van der Waals surface area contributed by atoms with Crippen molar-refractivity contribution < 1.29 is 39.6 Å². The third-order valence-electron chi connectivity index (χ3n) is 8.69. The van der Waals surface area contributed by atoms with E-state index in [1.54, 1.807) is 48.5 Å². The molecular weight excluding hydrogens is 560 g/mol. The van der Waals surface area contributed by atoms with E-state index in [2.05, 4.69) is 0 Å². The Morgan fingerprint density at radius 1 is 0.614 bits per heavy atom. The van der Waals surface area contributed by atoms with Crippen molar-refractivity contribution in [1.82, 2.24) is 0 Å². The van der Waals surface area contributed by atoms with E-state index in [0.717, 1.165) is 23.3 Å². The average Bonchev–Trinajstić information content (AvgIpc) is 3.02. The molecule has 2 aliphatic rings. The third kappa shape index (κ3) is 4.38. The molecule has 0 aliphatic heterocycles. The third-order valence-corrected chi connectivity index (χ3v) is 8.69. The van der Waals surface area contributed by atoms with Crippen molar-refractivity contribution in [3.05, 3.63) is 128 Å².